The number of nitrogens with zero attached hydrogens (tertiary/aromatic N) is 1. The quantitative estimate of drug-likeness (QED) is 0.816. The van der Waals surface area contributed by atoms with Crippen LogP contribution in [0.5, 0.6) is 0 Å². The van der Waals surface area contributed by atoms with Crippen LogP contribution in [-0.2, 0) is 20.6 Å². The van der Waals surface area contributed by atoms with Gasteiger partial charge in [0, 0.05) is 5.56 Å². The van der Waals surface area contributed by atoms with Gasteiger partial charge >= 0.3 is 0 Å². The Hall–Kier alpha value is -1.69. The van der Waals surface area contributed by atoms with Gasteiger partial charge in [-0.2, -0.15) is 0 Å². The molecule has 0 saturated carbocycles. The van der Waals surface area contributed by atoms with Crippen LogP contribution in [0.2, 0.25) is 0 Å². The Morgan fingerprint density at radius 3 is 2.20 bits per heavy atom. The van der Waals surface area contributed by atoms with E-state index in [1.165, 1.54) is 0 Å². The maximum absolute atomic E-state index is 12.5. The summed E-state index contributed by atoms with van der Waals surface area (Å²) in [5.74, 6) is 0. The Kier molecular flexibility index (Phi) is 2.93. The molecule has 1 unspecified atom stereocenters. The average molecular weight is 289 g/mol. The van der Waals surface area contributed by atoms with Crippen LogP contribution in [-0.4, -0.2) is 12.9 Å². The van der Waals surface area contributed by atoms with Crippen LogP contribution in [0.4, 0.5) is 0 Å². The predicted octanol–water partition coefficient (Wildman–Crippen LogP) is 2.80. The standard InChI is InChI=1S/C15H15NO3S/c1-12-8-10-14(11-9-12)20(17,18)16-15(2,19-16)13-6-4-3-5-7-13/h3-11H,1-2H3/t15-,16?/m1/s1. The highest BCUT2D eigenvalue weighted by Crippen LogP contribution is 2.48. The topological polar surface area (TPSA) is 49.7 Å². The van der Waals surface area contributed by atoms with Crippen molar-refractivity contribution in [1.29, 1.82) is 0 Å². The third-order valence-corrected chi connectivity index (χ3v) is 5.15. The molecule has 1 saturated heterocycles. The number of hydrogen-bond donors (Lipinski definition) is 0. The van der Waals surface area contributed by atoms with Gasteiger partial charge in [-0.05, 0) is 30.4 Å². The van der Waals surface area contributed by atoms with E-state index >= 15 is 0 Å². The van der Waals surface area contributed by atoms with Crippen molar-refractivity contribution in [2.24, 2.45) is 0 Å². The molecule has 1 aliphatic heterocycles. The summed E-state index contributed by atoms with van der Waals surface area (Å²) in [6.07, 6.45) is 0. The summed E-state index contributed by atoms with van der Waals surface area (Å²) in [4.78, 5) is 5.62. The smallest absolute Gasteiger partial charge is 0.250 e. The summed E-state index contributed by atoms with van der Waals surface area (Å²) in [7, 11) is -3.63. The number of benzene rings is 2. The highest BCUT2D eigenvalue weighted by molar-refractivity contribution is 7.89. The van der Waals surface area contributed by atoms with Crippen molar-refractivity contribution in [1.82, 2.24) is 4.47 Å². The molecule has 0 N–H and O–H groups in total. The van der Waals surface area contributed by atoms with E-state index in [2.05, 4.69) is 0 Å². The highest BCUT2D eigenvalue weighted by Gasteiger charge is 2.60. The minimum Gasteiger partial charge on any atom is -0.250 e. The molecule has 0 aromatic heterocycles. The first kappa shape index (κ1) is 13.3. The summed E-state index contributed by atoms with van der Waals surface area (Å²) < 4.78 is 26.0. The molecule has 1 aliphatic rings. The summed E-state index contributed by atoms with van der Waals surface area (Å²) in [5, 5.41) is 0. The van der Waals surface area contributed by atoms with E-state index in [-0.39, 0.29) is 4.90 Å². The van der Waals surface area contributed by atoms with Crippen molar-refractivity contribution >= 4 is 10.0 Å². The zero-order valence-corrected chi connectivity index (χ0v) is 12.1. The fourth-order valence-electron chi connectivity index (χ4n) is 2.13. The van der Waals surface area contributed by atoms with Crippen molar-refractivity contribution < 1.29 is 13.3 Å². The summed E-state index contributed by atoms with van der Waals surface area (Å²) in [6, 6.07) is 16.0. The molecule has 0 amide bonds. The Bertz CT molecular complexity index is 725. The number of hydroxylamine groups is 1. The van der Waals surface area contributed by atoms with E-state index in [0.29, 0.717) is 0 Å². The van der Waals surface area contributed by atoms with Crippen LogP contribution in [0.1, 0.15) is 18.1 Å². The molecule has 0 radical (unpaired) electrons. The van der Waals surface area contributed by atoms with Crippen LogP contribution in [0, 0.1) is 6.92 Å². The SMILES string of the molecule is Cc1ccc(S(=O)(=O)N2O[C@]2(C)c2ccccc2)cc1. The van der Waals surface area contributed by atoms with Gasteiger partial charge in [0.05, 0.1) is 4.90 Å². The van der Waals surface area contributed by atoms with Gasteiger partial charge in [0.2, 0.25) is 5.72 Å². The van der Waals surface area contributed by atoms with Gasteiger partial charge in [-0.15, -0.1) is 0 Å². The monoisotopic (exact) mass is 289 g/mol. The van der Waals surface area contributed by atoms with E-state index in [0.717, 1.165) is 15.6 Å². The molecule has 1 fully saturated rings. The van der Waals surface area contributed by atoms with Gasteiger partial charge in [0.25, 0.3) is 10.0 Å². The molecule has 2 aromatic rings. The van der Waals surface area contributed by atoms with E-state index < -0.39 is 15.7 Å². The second-order valence-corrected chi connectivity index (χ2v) is 6.74. The Labute approximate surface area is 118 Å². The molecule has 3 rings (SSSR count). The number of rotatable bonds is 3. The fourth-order valence-corrected chi connectivity index (χ4v) is 3.61. The zero-order valence-electron chi connectivity index (χ0n) is 11.3. The van der Waals surface area contributed by atoms with Crippen LogP contribution in [0.3, 0.4) is 0 Å². The van der Waals surface area contributed by atoms with Gasteiger partial charge in [-0.25, -0.2) is 8.42 Å². The molecule has 0 bridgehead atoms. The van der Waals surface area contributed by atoms with Crippen LogP contribution in [0.25, 0.3) is 0 Å². The lowest BCUT2D eigenvalue weighted by molar-refractivity contribution is 0.260. The first-order valence-corrected chi connectivity index (χ1v) is 7.75. The van der Waals surface area contributed by atoms with Crippen molar-refractivity contribution in [3.05, 3.63) is 65.7 Å². The summed E-state index contributed by atoms with van der Waals surface area (Å²) in [5.41, 5.74) is 0.919. The molecule has 104 valence electrons. The maximum atomic E-state index is 12.5. The molecule has 0 spiro atoms. The van der Waals surface area contributed by atoms with Gasteiger partial charge in [-0.1, -0.05) is 48.0 Å². The number of sulfonamides is 1. The molecule has 1 heterocycles. The molecule has 2 aromatic carbocycles. The van der Waals surface area contributed by atoms with Crippen molar-refractivity contribution in [2.45, 2.75) is 24.5 Å². The van der Waals surface area contributed by atoms with Crippen LogP contribution in [0.15, 0.2) is 59.5 Å². The lowest BCUT2D eigenvalue weighted by Gasteiger charge is -2.07. The number of aryl methyl sites for hydroxylation is 1. The van der Waals surface area contributed by atoms with Gasteiger partial charge in [0.15, 0.2) is 0 Å². The van der Waals surface area contributed by atoms with Gasteiger partial charge in [-0.3, -0.25) is 4.84 Å². The highest BCUT2D eigenvalue weighted by atomic mass is 32.2. The van der Waals surface area contributed by atoms with Crippen molar-refractivity contribution in [3.63, 3.8) is 0 Å². The van der Waals surface area contributed by atoms with Crippen molar-refractivity contribution in [3.8, 4) is 0 Å². The minimum absolute atomic E-state index is 0.239. The maximum Gasteiger partial charge on any atom is 0.268 e. The van der Waals surface area contributed by atoms with Gasteiger partial charge in [0.1, 0.15) is 0 Å². The van der Waals surface area contributed by atoms with Crippen LogP contribution < -0.4 is 0 Å². The number of hydrogen-bond acceptors (Lipinski definition) is 3. The summed E-state index contributed by atoms with van der Waals surface area (Å²) >= 11 is 0. The van der Waals surface area contributed by atoms with Crippen LogP contribution >= 0.6 is 0 Å². The zero-order chi connectivity index (χ0) is 14.4. The molecule has 4 nitrogen and oxygen atoms in total. The second-order valence-electron chi connectivity index (χ2n) is 4.99. The largest absolute Gasteiger partial charge is 0.268 e. The third-order valence-electron chi connectivity index (χ3n) is 3.42. The predicted molar refractivity (Wildman–Crippen MR) is 75.1 cm³/mol. The van der Waals surface area contributed by atoms with E-state index in [9.17, 15) is 8.42 Å². The lowest BCUT2D eigenvalue weighted by atomic mass is 10.1. The molecular formula is C15H15NO3S. The van der Waals surface area contributed by atoms with E-state index in [1.54, 1.807) is 31.2 Å². The molecule has 5 heteroatoms. The molecular weight excluding hydrogens is 274 g/mol. The second kappa shape index (κ2) is 4.41. The molecule has 0 aliphatic carbocycles. The lowest BCUT2D eigenvalue weighted by Crippen LogP contribution is -2.19. The Morgan fingerprint density at radius 2 is 1.60 bits per heavy atom. The minimum atomic E-state index is -3.63. The van der Waals surface area contributed by atoms with E-state index in [4.69, 9.17) is 4.84 Å². The summed E-state index contributed by atoms with van der Waals surface area (Å²) in [6.45, 7) is 3.66. The molecule has 20 heavy (non-hydrogen) atoms. The first-order valence-electron chi connectivity index (χ1n) is 6.31. The third kappa shape index (κ3) is 2.04. The molecule has 2 atom stereocenters. The fraction of sp³-hybridized carbons (Fsp3) is 0.200. The Morgan fingerprint density at radius 1 is 1.00 bits per heavy atom. The normalized spacial score (nSPS) is 25.4. The van der Waals surface area contributed by atoms with Gasteiger partial charge < -0.3 is 0 Å². The van der Waals surface area contributed by atoms with E-state index in [1.807, 2.05) is 37.3 Å². The van der Waals surface area contributed by atoms with Crippen molar-refractivity contribution in [2.75, 3.05) is 0 Å². The first-order chi connectivity index (χ1) is 9.44. The Balaban J connectivity index is 1.94. The average Bonchev–Trinajstić information content (AvgIpc) is 3.15.